The fraction of sp³-hybridized carbons (Fsp3) is 0.235. The molecule has 0 aromatic heterocycles. The van der Waals surface area contributed by atoms with Crippen LogP contribution < -0.4 is 4.90 Å². The summed E-state index contributed by atoms with van der Waals surface area (Å²) in [5.41, 5.74) is 1.70. The molecule has 120 valence electrons. The van der Waals surface area contributed by atoms with Crippen LogP contribution in [0.5, 0.6) is 0 Å². The van der Waals surface area contributed by atoms with E-state index in [2.05, 4.69) is 0 Å². The average molecular weight is 331 g/mol. The van der Waals surface area contributed by atoms with Crippen LogP contribution in [-0.4, -0.2) is 27.0 Å². The number of aryl methyl sites for hydroxylation is 1. The molecule has 3 rings (SSSR count). The van der Waals surface area contributed by atoms with E-state index in [4.69, 9.17) is 4.18 Å². The van der Waals surface area contributed by atoms with Crippen molar-refractivity contribution in [1.82, 2.24) is 0 Å². The molecule has 0 unspecified atom stereocenters. The molecule has 0 bridgehead atoms. The van der Waals surface area contributed by atoms with Crippen LogP contribution in [0.3, 0.4) is 0 Å². The molecule has 2 aromatic carbocycles. The second kappa shape index (κ2) is 6.14. The number of anilines is 1. The van der Waals surface area contributed by atoms with Crippen molar-refractivity contribution in [3.05, 3.63) is 60.2 Å². The Hall–Kier alpha value is -2.18. The molecule has 2 aromatic rings. The number of amides is 1. The fourth-order valence-corrected chi connectivity index (χ4v) is 3.59. The van der Waals surface area contributed by atoms with Crippen molar-refractivity contribution in [3.8, 4) is 0 Å². The Labute approximate surface area is 135 Å². The van der Waals surface area contributed by atoms with Gasteiger partial charge in [0.25, 0.3) is 16.0 Å². The molecule has 1 amide bonds. The number of hydrogen-bond acceptors (Lipinski definition) is 4. The van der Waals surface area contributed by atoms with Crippen molar-refractivity contribution < 1.29 is 17.4 Å². The van der Waals surface area contributed by atoms with Gasteiger partial charge in [0.05, 0.1) is 4.90 Å². The van der Waals surface area contributed by atoms with Crippen molar-refractivity contribution in [2.24, 2.45) is 0 Å². The molecule has 0 aliphatic carbocycles. The number of carbonyl (C=O) groups is 1. The van der Waals surface area contributed by atoms with Gasteiger partial charge in [-0.3, -0.25) is 8.98 Å². The maximum atomic E-state index is 12.4. The first kappa shape index (κ1) is 15.7. The molecule has 1 aliphatic rings. The second-order valence-electron chi connectivity index (χ2n) is 5.47. The molecular formula is C17H17NO4S. The van der Waals surface area contributed by atoms with Gasteiger partial charge in [0.1, 0.15) is 0 Å². The summed E-state index contributed by atoms with van der Waals surface area (Å²) in [5, 5.41) is 0. The van der Waals surface area contributed by atoms with E-state index in [9.17, 15) is 13.2 Å². The summed E-state index contributed by atoms with van der Waals surface area (Å²) >= 11 is 0. The molecule has 1 heterocycles. The quantitative estimate of drug-likeness (QED) is 0.808. The summed E-state index contributed by atoms with van der Waals surface area (Å²) in [7, 11) is -3.95. The van der Waals surface area contributed by atoms with Crippen LogP contribution >= 0.6 is 0 Å². The van der Waals surface area contributed by atoms with Crippen LogP contribution in [0.4, 0.5) is 5.69 Å². The lowest BCUT2D eigenvalue weighted by atomic mass is 10.2. The zero-order valence-electron chi connectivity index (χ0n) is 12.7. The molecule has 23 heavy (non-hydrogen) atoms. The Kier molecular flexibility index (Phi) is 4.19. The largest absolute Gasteiger partial charge is 0.310 e. The molecule has 0 saturated carbocycles. The van der Waals surface area contributed by atoms with E-state index in [1.54, 1.807) is 17.0 Å². The van der Waals surface area contributed by atoms with E-state index in [0.717, 1.165) is 11.3 Å². The highest BCUT2D eigenvalue weighted by Crippen LogP contribution is 2.25. The van der Waals surface area contributed by atoms with Crippen LogP contribution in [0.2, 0.25) is 0 Å². The van der Waals surface area contributed by atoms with Gasteiger partial charge in [0.15, 0.2) is 6.10 Å². The Morgan fingerprint density at radius 3 is 2.35 bits per heavy atom. The monoisotopic (exact) mass is 331 g/mol. The summed E-state index contributed by atoms with van der Waals surface area (Å²) in [6, 6.07) is 15.5. The molecule has 6 heteroatoms. The molecule has 1 fully saturated rings. The van der Waals surface area contributed by atoms with Crippen LogP contribution in [0.15, 0.2) is 59.5 Å². The van der Waals surface area contributed by atoms with Crippen LogP contribution in [0.1, 0.15) is 12.0 Å². The minimum atomic E-state index is -3.95. The summed E-state index contributed by atoms with van der Waals surface area (Å²) in [6.07, 6.45) is -0.625. The average Bonchev–Trinajstić information content (AvgIpc) is 2.89. The Balaban J connectivity index is 1.76. The number of hydrogen-bond donors (Lipinski definition) is 0. The second-order valence-corrected chi connectivity index (χ2v) is 7.04. The van der Waals surface area contributed by atoms with Gasteiger partial charge < -0.3 is 4.90 Å². The van der Waals surface area contributed by atoms with E-state index in [1.807, 2.05) is 37.3 Å². The molecular weight excluding hydrogens is 314 g/mol. The first-order valence-corrected chi connectivity index (χ1v) is 8.74. The van der Waals surface area contributed by atoms with Gasteiger partial charge in [-0.25, -0.2) is 0 Å². The van der Waals surface area contributed by atoms with Gasteiger partial charge in [-0.05, 0) is 31.2 Å². The minimum absolute atomic E-state index is 0.0639. The molecule has 0 N–H and O–H groups in total. The lowest BCUT2D eigenvalue weighted by Crippen LogP contribution is -2.32. The number of nitrogens with zero attached hydrogens (tertiary/aromatic N) is 1. The van der Waals surface area contributed by atoms with Crippen molar-refractivity contribution >= 4 is 21.7 Å². The number of benzene rings is 2. The lowest BCUT2D eigenvalue weighted by Gasteiger charge is -2.16. The third-order valence-corrected chi connectivity index (χ3v) is 5.11. The fourth-order valence-electron chi connectivity index (χ4n) is 2.52. The zero-order chi connectivity index (χ0) is 16.4. The van der Waals surface area contributed by atoms with Crippen molar-refractivity contribution in [3.63, 3.8) is 0 Å². The molecule has 1 atom stereocenters. The predicted molar refractivity (Wildman–Crippen MR) is 86.6 cm³/mol. The maximum absolute atomic E-state index is 12.4. The van der Waals surface area contributed by atoms with E-state index in [0.29, 0.717) is 13.0 Å². The SMILES string of the molecule is Cc1ccc(S(=O)(=O)O[C@@H]2CCN(c3ccccc3)C2=O)cc1. The molecule has 0 radical (unpaired) electrons. The van der Waals surface area contributed by atoms with E-state index >= 15 is 0 Å². The molecule has 1 saturated heterocycles. The normalized spacial score (nSPS) is 18.4. The van der Waals surface area contributed by atoms with E-state index < -0.39 is 16.2 Å². The Bertz CT molecular complexity index is 800. The lowest BCUT2D eigenvalue weighted by molar-refractivity contribution is -0.122. The van der Waals surface area contributed by atoms with E-state index in [-0.39, 0.29) is 10.8 Å². The topological polar surface area (TPSA) is 63.7 Å². The van der Waals surface area contributed by atoms with Gasteiger partial charge >= 0.3 is 0 Å². The molecule has 1 aliphatic heterocycles. The van der Waals surface area contributed by atoms with Gasteiger partial charge in [-0.15, -0.1) is 0 Å². The Morgan fingerprint density at radius 1 is 1.04 bits per heavy atom. The zero-order valence-corrected chi connectivity index (χ0v) is 13.5. The molecule has 5 nitrogen and oxygen atoms in total. The third-order valence-electron chi connectivity index (χ3n) is 3.78. The maximum Gasteiger partial charge on any atom is 0.297 e. The number of para-hydroxylation sites is 1. The first-order valence-electron chi connectivity index (χ1n) is 7.34. The van der Waals surface area contributed by atoms with Gasteiger partial charge in [-0.1, -0.05) is 35.9 Å². The van der Waals surface area contributed by atoms with Crippen LogP contribution in [0, 0.1) is 6.92 Å². The standard InChI is InChI=1S/C17H17NO4S/c1-13-7-9-15(10-8-13)23(20,21)22-16-11-12-18(17(16)19)14-5-3-2-4-6-14/h2-10,16H,11-12H2,1H3/t16-/m1/s1. The summed E-state index contributed by atoms with van der Waals surface area (Å²) < 4.78 is 29.8. The van der Waals surface area contributed by atoms with Crippen molar-refractivity contribution in [1.29, 1.82) is 0 Å². The van der Waals surface area contributed by atoms with Gasteiger partial charge in [0, 0.05) is 18.7 Å². The number of rotatable bonds is 4. The first-order chi connectivity index (χ1) is 11.0. The number of carbonyl (C=O) groups excluding carboxylic acids is 1. The third kappa shape index (κ3) is 3.28. The predicted octanol–water partition coefficient (Wildman–Crippen LogP) is 2.51. The molecule has 0 spiro atoms. The van der Waals surface area contributed by atoms with Gasteiger partial charge in [-0.2, -0.15) is 8.42 Å². The highest BCUT2D eigenvalue weighted by molar-refractivity contribution is 7.86. The van der Waals surface area contributed by atoms with E-state index in [1.165, 1.54) is 12.1 Å². The van der Waals surface area contributed by atoms with Crippen molar-refractivity contribution in [2.45, 2.75) is 24.3 Å². The van der Waals surface area contributed by atoms with Crippen LogP contribution in [-0.2, 0) is 19.1 Å². The summed E-state index contributed by atoms with van der Waals surface area (Å²) in [5.74, 6) is -0.327. The van der Waals surface area contributed by atoms with Gasteiger partial charge in [0.2, 0.25) is 0 Å². The summed E-state index contributed by atoms with van der Waals surface area (Å²) in [4.78, 5) is 14.0. The highest BCUT2D eigenvalue weighted by Gasteiger charge is 2.37. The Morgan fingerprint density at radius 2 is 1.70 bits per heavy atom. The highest BCUT2D eigenvalue weighted by atomic mass is 32.2. The van der Waals surface area contributed by atoms with Crippen molar-refractivity contribution in [2.75, 3.05) is 11.4 Å². The smallest absolute Gasteiger partial charge is 0.297 e. The minimum Gasteiger partial charge on any atom is -0.310 e. The summed E-state index contributed by atoms with van der Waals surface area (Å²) in [6.45, 7) is 2.31. The van der Waals surface area contributed by atoms with Crippen LogP contribution in [0.25, 0.3) is 0 Å².